The lowest BCUT2D eigenvalue weighted by Crippen LogP contribution is -2.48. The smallest absolute Gasteiger partial charge is 0.193 e. The van der Waals surface area contributed by atoms with Crippen molar-refractivity contribution in [2.45, 2.75) is 38.7 Å². The first-order chi connectivity index (χ1) is 8.07. The van der Waals surface area contributed by atoms with Crippen LogP contribution in [-0.2, 0) is 4.74 Å². The summed E-state index contributed by atoms with van der Waals surface area (Å²) in [5.74, 6) is 1.84. The molecule has 4 heteroatoms. The zero-order valence-corrected chi connectivity index (χ0v) is 11.3. The van der Waals surface area contributed by atoms with Crippen molar-refractivity contribution < 1.29 is 4.74 Å². The van der Waals surface area contributed by atoms with Crippen LogP contribution in [0.5, 0.6) is 0 Å². The first-order valence-corrected chi connectivity index (χ1v) is 6.70. The molecular formula is C13H25N3O. The number of rotatable bonds is 5. The highest BCUT2D eigenvalue weighted by molar-refractivity contribution is 5.80. The number of ether oxygens (including phenoxy) is 1. The lowest BCUT2D eigenvalue weighted by molar-refractivity contribution is -0.0194. The monoisotopic (exact) mass is 239 g/mol. The molecule has 0 radical (unpaired) electrons. The van der Waals surface area contributed by atoms with E-state index in [1.165, 1.54) is 12.8 Å². The Labute approximate surface area is 104 Å². The van der Waals surface area contributed by atoms with Gasteiger partial charge in [0, 0.05) is 26.7 Å². The fraction of sp³-hybridized carbons (Fsp3) is 0.923. The van der Waals surface area contributed by atoms with E-state index in [0.717, 1.165) is 44.5 Å². The number of nitrogens with zero attached hydrogens (tertiary/aromatic N) is 2. The van der Waals surface area contributed by atoms with Crippen LogP contribution in [0.15, 0.2) is 4.99 Å². The van der Waals surface area contributed by atoms with Crippen molar-refractivity contribution in [3.63, 3.8) is 0 Å². The Balaban J connectivity index is 1.73. The summed E-state index contributed by atoms with van der Waals surface area (Å²) < 4.78 is 5.94. The van der Waals surface area contributed by atoms with Crippen LogP contribution in [0.3, 0.4) is 0 Å². The van der Waals surface area contributed by atoms with Crippen LogP contribution in [0, 0.1) is 5.92 Å². The normalized spacial score (nSPS) is 21.4. The lowest BCUT2D eigenvalue weighted by Gasteiger charge is -2.30. The van der Waals surface area contributed by atoms with Crippen molar-refractivity contribution in [1.29, 1.82) is 0 Å². The van der Waals surface area contributed by atoms with Crippen LogP contribution >= 0.6 is 0 Å². The lowest BCUT2D eigenvalue weighted by atomic mass is 10.1. The van der Waals surface area contributed by atoms with Crippen LogP contribution in [0.4, 0.5) is 0 Å². The van der Waals surface area contributed by atoms with E-state index in [1.54, 1.807) is 0 Å². The first-order valence-electron chi connectivity index (χ1n) is 6.70. The fourth-order valence-corrected chi connectivity index (χ4v) is 1.88. The molecule has 0 aromatic heterocycles. The summed E-state index contributed by atoms with van der Waals surface area (Å²) in [5.41, 5.74) is -0.108. The second-order valence-corrected chi connectivity index (χ2v) is 5.85. The Morgan fingerprint density at radius 1 is 1.47 bits per heavy atom. The predicted molar refractivity (Wildman–Crippen MR) is 70.3 cm³/mol. The van der Waals surface area contributed by atoms with Gasteiger partial charge in [-0.2, -0.15) is 0 Å². The van der Waals surface area contributed by atoms with E-state index >= 15 is 0 Å². The molecule has 1 aliphatic carbocycles. The van der Waals surface area contributed by atoms with Gasteiger partial charge in [-0.3, -0.25) is 4.99 Å². The molecule has 0 saturated heterocycles. The van der Waals surface area contributed by atoms with E-state index in [1.807, 2.05) is 0 Å². The molecule has 2 rings (SSSR count). The van der Waals surface area contributed by atoms with Gasteiger partial charge in [0.2, 0.25) is 0 Å². The molecule has 0 bridgehead atoms. The average molecular weight is 239 g/mol. The molecule has 1 aliphatic heterocycles. The van der Waals surface area contributed by atoms with E-state index in [4.69, 9.17) is 4.74 Å². The number of hydrogen-bond donors (Lipinski definition) is 1. The van der Waals surface area contributed by atoms with Crippen LogP contribution in [0.2, 0.25) is 0 Å². The second-order valence-electron chi connectivity index (χ2n) is 5.85. The van der Waals surface area contributed by atoms with Crippen molar-refractivity contribution in [3.8, 4) is 0 Å². The topological polar surface area (TPSA) is 36.9 Å². The Morgan fingerprint density at radius 2 is 2.24 bits per heavy atom. The summed E-state index contributed by atoms with van der Waals surface area (Å²) in [6.45, 7) is 8.06. The molecule has 4 nitrogen and oxygen atoms in total. The third-order valence-corrected chi connectivity index (χ3v) is 3.35. The molecule has 0 unspecified atom stereocenters. The van der Waals surface area contributed by atoms with E-state index < -0.39 is 0 Å². The second kappa shape index (κ2) is 5.25. The Hall–Kier alpha value is -0.770. The quantitative estimate of drug-likeness (QED) is 0.789. The van der Waals surface area contributed by atoms with Crippen LogP contribution in [-0.4, -0.2) is 49.7 Å². The molecule has 0 spiro atoms. The van der Waals surface area contributed by atoms with Crippen molar-refractivity contribution >= 4 is 5.96 Å². The Kier molecular flexibility index (Phi) is 3.92. The van der Waals surface area contributed by atoms with Gasteiger partial charge in [-0.05, 0) is 39.0 Å². The highest BCUT2D eigenvalue weighted by Gasteiger charge is 2.26. The first kappa shape index (κ1) is 12.7. The van der Waals surface area contributed by atoms with E-state index in [9.17, 15) is 0 Å². The fourth-order valence-electron chi connectivity index (χ4n) is 1.88. The molecular weight excluding hydrogens is 214 g/mol. The molecule has 0 atom stereocenters. The van der Waals surface area contributed by atoms with Gasteiger partial charge < -0.3 is 15.0 Å². The summed E-state index contributed by atoms with van der Waals surface area (Å²) in [5, 5.41) is 3.41. The zero-order valence-electron chi connectivity index (χ0n) is 11.3. The third-order valence-electron chi connectivity index (χ3n) is 3.35. The highest BCUT2D eigenvalue weighted by Crippen LogP contribution is 2.30. The van der Waals surface area contributed by atoms with E-state index in [0.29, 0.717) is 0 Å². The number of hydrogen-bond acceptors (Lipinski definition) is 4. The SMILES string of the molecule is CN1CCCN=C1NCC(C)(C)OCC1CC1. The maximum Gasteiger partial charge on any atom is 0.193 e. The standard InChI is InChI=1S/C13H25N3O/c1-13(2,17-9-11-5-6-11)10-15-12-14-7-4-8-16(12)3/h11H,4-10H2,1-3H3,(H,14,15). The van der Waals surface area contributed by atoms with E-state index in [-0.39, 0.29) is 5.60 Å². The summed E-state index contributed by atoms with van der Waals surface area (Å²) >= 11 is 0. The van der Waals surface area contributed by atoms with Gasteiger partial charge in [0.15, 0.2) is 5.96 Å². The van der Waals surface area contributed by atoms with E-state index in [2.05, 4.69) is 36.1 Å². The van der Waals surface area contributed by atoms with Crippen LogP contribution in [0.1, 0.15) is 33.1 Å². The maximum absolute atomic E-state index is 5.94. The number of nitrogens with one attached hydrogen (secondary N) is 1. The van der Waals surface area contributed by atoms with Gasteiger partial charge in [0.05, 0.1) is 12.2 Å². The maximum atomic E-state index is 5.94. The van der Waals surface area contributed by atoms with Gasteiger partial charge in [-0.25, -0.2) is 0 Å². The van der Waals surface area contributed by atoms with Crippen LogP contribution < -0.4 is 5.32 Å². The van der Waals surface area contributed by atoms with Gasteiger partial charge in [0.1, 0.15) is 0 Å². The molecule has 1 fully saturated rings. The molecule has 1 saturated carbocycles. The minimum Gasteiger partial charge on any atom is -0.373 e. The Morgan fingerprint density at radius 3 is 2.88 bits per heavy atom. The van der Waals surface area contributed by atoms with Gasteiger partial charge in [0.25, 0.3) is 0 Å². The van der Waals surface area contributed by atoms with Gasteiger partial charge in [-0.15, -0.1) is 0 Å². The molecule has 2 aliphatic rings. The molecule has 98 valence electrons. The zero-order chi connectivity index (χ0) is 12.3. The summed E-state index contributed by atoms with van der Waals surface area (Å²) in [7, 11) is 2.09. The highest BCUT2D eigenvalue weighted by atomic mass is 16.5. The minimum absolute atomic E-state index is 0.108. The third kappa shape index (κ3) is 4.19. The number of guanidine groups is 1. The Bertz CT molecular complexity index is 284. The largest absolute Gasteiger partial charge is 0.373 e. The van der Waals surface area contributed by atoms with Gasteiger partial charge in [-0.1, -0.05) is 0 Å². The van der Waals surface area contributed by atoms with Crippen LogP contribution in [0.25, 0.3) is 0 Å². The predicted octanol–water partition coefficient (Wildman–Crippen LogP) is 1.47. The molecule has 1 N–H and O–H groups in total. The van der Waals surface area contributed by atoms with Crippen molar-refractivity contribution in [2.24, 2.45) is 10.9 Å². The summed E-state index contributed by atoms with van der Waals surface area (Å²) in [6, 6.07) is 0. The van der Waals surface area contributed by atoms with Crippen molar-refractivity contribution in [3.05, 3.63) is 0 Å². The number of aliphatic imine (C=N–C) groups is 1. The molecule has 17 heavy (non-hydrogen) atoms. The van der Waals surface area contributed by atoms with Crippen molar-refractivity contribution in [1.82, 2.24) is 10.2 Å². The minimum atomic E-state index is -0.108. The molecule has 0 aromatic rings. The summed E-state index contributed by atoms with van der Waals surface area (Å²) in [6.07, 6.45) is 3.85. The summed E-state index contributed by atoms with van der Waals surface area (Å²) in [4.78, 5) is 6.68. The molecule has 0 aromatic carbocycles. The molecule has 0 amide bonds. The average Bonchev–Trinajstić information content (AvgIpc) is 3.09. The van der Waals surface area contributed by atoms with Gasteiger partial charge >= 0.3 is 0 Å². The van der Waals surface area contributed by atoms with Crippen molar-refractivity contribution in [2.75, 3.05) is 33.3 Å². The molecule has 1 heterocycles.